The Balaban J connectivity index is 1.89. The van der Waals surface area contributed by atoms with Gasteiger partial charge in [-0.1, -0.05) is 36.4 Å². The number of anilines is 1. The molecule has 4 nitrogen and oxygen atoms in total. The third kappa shape index (κ3) is 2.40. The van der Waals surface area contributed by atoms with Crippen LogP contribution in [-0.4, -0.2) is 18.2 Å². The maximum atomic E-state index is 11.8. The zero-order chi connectivity index (χ0) is 17.6. The fraction of sp³-hybridized carbons (Fsp3) is 0.286. The topological polar surface area (TPSA) is 58.6 Å². The number of aryl methyl sites for hydroxylation is 1. The normalized spacial score (nSPS) is 23.5. The number of rotatable bonds is 3. The average Bonchev–Trinajstić information content (AvgIpc) is 3.11. The summed E-state index contributed by atoms with van der Waals surface area (Å²) >= 11 is 0. The van der Waals surface area contributed by atoms with E-state index in [1.54, 1.807) is 13.2 Å². The van der Waals surface area contributed by atoms with Crippen LogP contribution in [0.25, 0.3) is 0 Å². The summed E-state index contributed by atoms with van der Waals surface area (Å²) in [4.78, 5) is 11.8. The Morgan fingerprint density at radius 3 is 2.80 bits per heavy atom. The number of nitrogens with one attached hydrogen (secondary N) is 1. The molecular weight excluding hydrogens is 314 g/mol. The van der Waals surface area contributed by atoms with E-state index in [0.29, 0.717) is 5.56 Å². The van der Waals surface area contributed by atoms with E-state index >= 15 is 0 Å². The Bertz CT molecular complexity index is 871. The van der Waals surface area contributed by atoms with Gasteiger partial charge < -0.3 is 15.2 Å². The molecule has 0 saturated heterocycles. The summed E-state index contributed by atoms with van der Waals surface area (Å²) in [6, 6.07) is 11.8. The predicted molar refractivity (Wildman–Crippen MR) is 97.5 cm³/mol. The molecule has 4 rings (SSSR count). The van der Waals surface area contributed by atoms with Crippen molar-refractivity contribution in [3.63, 3.8) is 0 Å². The summed E-state index contributed by atoms with van der Waals surface area (Å²) in [5.74, 6) is 0.384. The lowest BCUT2D eigenvalue weighted by Crippen LogP contribution is -2.31. The Kier molecular flexibility index (Phi) is 3.75. The number of benzene rings is 2. The number of fused-ring (bicyclic) bond motifs is 3. The van der Waals surface area contributed by atoms with Crippen molar-refractivity contribution in [2.75, 3.05) is 12.4 Å². The second-order valence-corrected chi connectivity index (χ2v) is 6.74. The lowest BCUT2D eigenvalue weighted by Gasteiger charge is -2.39. The number of carboxylic acid groups (broad SMARTS) is 1. The van der Waals surface area contributed by atoms with Gasteiger partial charge in [0.25, 0.3) is 0 Å². The SMILES string of the molecule is COc1ccccc1[C@@H]1Nc2c(C)ccc(C(=O)O)c2[C@H]2C=CC[C@H]21. The molecule has 0 aromatic heterocycles. The number of carbonyl (C=O) groups is 1. The highest BCUT2D eigenvalue weighted by atomic mass is 16.5. The zero-order valence-electron chi connectivity index (χ0n) is 14.3. The van der Waals surface area contributed by atoms with E-state index in [4.69, 9.17) is 4.74 Å². The number of aromatic carboxylic acids is 1. The molecule has 0 amide bonds. The average molecular weight is 335 g/mol. The first kappa shape index (κ1) is 15.8. The van der Waals surface area contributed by atoms with Gasteiger partial charge in [-0.3, -0.25) is 0 Å². The molecule has 25 heavy (non-hydrogen) atoms. The van der Waals surface area contributed by atoms with E-state index in [-0.39, 0.29) is 17.9 Å². The van der Waals surface area contributed by atoms with Crippen LogP contribution in [0.4, 0.5) is 5.69 Å². The van der Waals surface area contributed by atoms with E-state index in [1.165, 1.54) is 0 Å². The van der Waals surface area contributed by atoms with Crippen LogP contribution in [0.15, 0.2) is 48.6 Å². The molecule has 0 spiro atoms. The third-order valence-electron chi connectivity index (χ3n) is 5.43. The number of hydrogen-bond acceptors (Lipinski definition) is 3. The Labute approximate surface area is 147 Å². The summed E-state index contributed by atoms with van der Waals surface area (Å²) in [6.45, 7) is 2.02. The van der Waals surface area contributed by atoms with E-state index < -0.39 is 5.97 Å². The van der Waals surface area contributed by atoms with E-state index in [1.807, 2.05) is 31.2 Å². The van der Waals surface area contributed by atoms with Gasteiger partial charge in [0.05, 0.1) is 18.7 Å². The molecule has 0 bridgehead atoms. The highest BCUT2D eigenvalue weighted by molar-refractivity contribution is 5.93. The first-order valence-electron chi connectivity index (χ1n) is 8.54. The Morgan fingerprint density at radius 2 is 2.04 bits per heavy atom. The van der Waals surface area contributed by atoms with Gasteiger partial charge in [0, 0.05) is 17.2 Å². The molecule has 2 aliphatic rings. The summed E-state index contributed by atoms with van der Waals surface area (Å²) < 4.78 is 5.57. The van der Waals surface area contributed by atoms with Crippen LogP contribution >= 0.6 is 0 Å². The zero-order valence-corrected chi connectivity index (χ0v) is 14.3. The lowest BCUT2D eigenvalue weighted by atomic mass is 9.74. The summed E-state index contributed by atoms with van der Waals surface area (Å²) in [5, 5.41) is 13.3. The van der Waals surface area contributed by atoms with Crippen molar-refractivity contribution in [2.45, 2.75) is 25.3 Å². The van der Waals surface area contributed by atoms with Crippen molar-refractivity contribution < 1.29 is 14.6 Å². The molecule has 4 heteroatoms. The minimum atomic E-state index is -0.868. The van der Waals surface area contributed by atoms with Crippen molar-refractivity contribution >= 4 is 11.7 Å². The molecule has 1 aliphatic carbocycles. The van der Waals surface area contributed by atoms with Crippen molar-refractivity contribution in [1.82, 2.24) is 0 Å². The highest BCUT2D eigenvalue weighted by Gasteiger charge is 2.41. The fourth-order valence-electron chi connectivity index (χ4n) is 4.27. The second-order valence-electron chi connectivity index (χ2n) is 6.74. The van der Waals surface area contributed by atoms with Crippen LogP contribution in [0.3, 0.4) is 0 Å². The molecule has 128 valence electrons. The van der Waals surface area contributed by atoms with Gasteiger partial charge in [0.2, 0.25) is 0 Å². The quantitative estimate of drug-likeness (QED) is 0.809. The number of ether oxygens (including phenoxy) is 1. The number of carboxylic acids is 1. The van der Waals surface area contributed by atoms with Crippen LogP contribution in [0.2, 0.25) is 0 Å². The lowest BCUT2D eigenvalue weighted by molar-refractivity contribution is 0.0695. The van der Waals surface area contributed by atoms with Gasteiger partial charge in [-0.25, -0.2) is 4.79 Å². The largest absolute Gasteiger partial charge is 0.496 e. The standard InChI is InChI=1S/C21H21NO3/c1-12-10-11-16(21(23)24)18-13-7-5-8-14(13)20(22-19(12)18)15-6-3-4-9-17(15)25-2/h3-7,9-11,13-14,20,22H,8H2,1-2H3,(H,23,24)/t13-,14+,20+/m0/s1. The highest BCUT2D eigenvalue weighted by Crippen LogP contribution is 2.52. The van der Waals surface area contributed by atoms with Gasteiger partial charge in [-0.2, -0.15) is 0 Å². The molecule has 0 radical (unpaired) electrons. The minimum Gasteiger partial charge on any atom is -0.496 e. The van der Waals surface area contributed by atoms with Gasteiger partial charge in [0.15, 0.2) is 0 Å². The number of para-hydroxylation sites is 1. The molecule has 0 unspecified atom stereocenters. The van der Waals surface area contributed by atoms with Gasteiger partial charge in [-0.05, 0) is 42.5 Å². The number of allylic oxidation sites excluding steroid dienone is 2. The van der Waals surface area contributed by atoms with Crippen LogP contribution < -0.4 is 10.1 Å². The first-order valence-corrected chi connectivity index (χ1v) is 8.54. The van der Waals surface area contributed by atoms with Crippen LogP contribution in [-0.2, 0) is 0 Å². The van der Waals surface area contributed by atoms with Crippen molar-refractivity contribution in [3.8, 4) is 5.75 Å². The van der Waals surface area contributed by atoms with Crippen LogP contribution in [0.1, 0.15) is 45.4 Å². The van der Waals surface area contributed by atoms with E-state index in [0.717, 1.165) is 34.5 Å². The van der Waals surface area contributed by atoms with Crippen molar-refractivity contribution in [1.29, 1.82) is 0 Å². The predicted octanol–water partition coefficient (Wildman–Crippen LogP) is 4.53. The molecule has 3 atom stereocenters. The maximum Gasteiger partial charge on any atom is 0.336 e. The second kappa shape index (κ2) is 5.96. The van der Waals surface area contributed by atoms with E-state index in [9.17, 15) is 9.90 Å². The molecule has 2 aromatic rings. The summed E-state index contributed by atoms with van der Waals surface area (Å²) in [7, 11) is 1.69. The van der Waals surface area contributed by atoms with Crippen molar-refractivity contribution in [3.05, 3.63) is 70.8 Å². The fourth-order valence-corrected chi connectivity index (χ4v) is 4.27. The van der Waals surface area contributed by atoms with Gasteiger partial charge >= 0.3 is 5.97 Å². The molecular formula is C21H21NO3. The minimum absolute atomic E-state index is 0.0893. The Hall–Kier alpha value is -2.75. The Morgan fingerprint density at radius 1 is 1.24 bits per heavy atom. The number of methoxy groups -OCH3 is 1. The summed E-state index contributed by atoms with van der Waals surface area (Å²) in [5.41, 5.74) is 4.45. The molecule has 0 fully saturated rings. The van der Waals surface area contributed by atoms with Crippen LogP contribution in [0, 0.1) is 12.8 Å². The molecule has 2 N–H and O–H groups in total. The molecule has 1 aliphatic heterocycles. The van der Waals surface area contributed by atoms with Crippen molar-refractivity contribution in [2.24, 2.45) is 5.92 Å². The van der Waals surface area contributed by atoms with Crippen LogP contribution in [0.5, 0.6) is 5.75 Å². The maximum absolute atomic E-state index is 11.8. The molecule has 2 aromatic carbocycles. The third-order valence-corrected chi connectivity index (χ3v) is 5.43. The molecule has 1 heterocycles. The first-order chi connectivity index (χ1) is 12.1. The monoisotopic (exact) mass is 335 g/mol. The van der Waals surface area contributed by atoms with Gasteiger partial charge in [0.1, 0.15) is 5.75 Å². The van der Waals surface area contributed by atoms with Gasteiger partial charge in [-0.15, -0.1) is 0 Å². The number of hydrogen-bond donors (Lipinski definition) is 2. The molecule has 0 saturated carbocycles. The smallest absolute Gasteiger partial charge is 0.336 e. The van der Waals surface area contributed by atoms with E-state index in [2.05, 4.69) is 23.5 Å². The summed E-state index contributed by atoms with van der Waals surface area (Å²) in [6.07, 6.45) is 5.26.